The molecule has 24 heavy (non-hydrogen) atoms. The summed E-state index contributed by atoms with van der Waals surface area (Å²) in [5, 5.41) is 8.51. The van der Waals surface area contributed by atoms with Crippen LogP contribution >= 0.6 is 11.8 Å². The summed E-state index contributed by atoms with van der Waals surface area (Å²) in [6.45, 7) is 0. The standard InChI is InChI=1S/C18H17N5S/c19-18(24-12-15-4-2-1-3-5-15)23-22-10-14-6-8-16(9-7-14)17-11-20-13-21-17/h1-11,13H,12H2,(H2,19,23)(H,20,21). The number of imidazole rings is 1. The van der Waals surface area contributed by atoms with Crippen LogP contribution in [0.25, 0.3) is 11.3 Å². The van der Waals surface area contributed by atoms with E-state index in [4.69, 9.17) is 5.73 Å². The van der Waals surface area contributed by atoms with Gasteiger partial charge in [-0.25, -0.2) is 4.98 Å². The van der Waals surface area contributed by atoms with Crippen molar-refractivity contribution in [1.29, 1.82) is 0 Å². The van der Waals surface area contributed by atoms with Crippen molar-refractivity contribution in [2.24, 2.45) is 15.9 Å². The van der Waals surface area contributed by atoms with Crippen LogP contribution in [0.3, 0.4) is 0 Å². The first-order valence-electron chi connectivity index (χ1n) is 7.43. The zero-order chi connectivity index (χ0) is 16.6. The lowest BCUT2D eigenvalue weighted by Crippen LogP contribution is -2.05. The Morgan fingerprint density at radius 2 is 1.92 bits per heavy atom. The van der Waals surface area contributed by atoms with Crippen molar-refractivity contribution in [2.75, 3.05) is 0 Å². The van der Waals surface area contributed by atoms with Crippen molar-refractivity contribution in [1.82, 2.24) is 9.97 Å². The normalized spacial score (nSPS) is 11.9. The van der Waals surface area contributed by atoms with Gasteiger partial charge < -0.3 is 10.7 Å². The van der Waals surface area contributed by atoms with Gasteiger partial charge in [-0.1, -0.05) is 66.4 Å². The molecule has 0 bridgehead atoms. The molecular weight excluding hydrogens is 318 g/mol. The van der Waals surface area contributed by atoms with Gasteiger partial charge in [0.15, 0.2) is 5.17 Å². The van der Waals surface area contributed by atoms with E-state index in [0.717, 1.165) is 22.6 Å². The van der Waals surface area contributed by atoms with E-state index in [0.29, 0.717) is 5.17 Å². The Labute approximate surface area is 144 Å². The maximum Gasteiger partial charge on any atom is 0.180 e. The lowest BCUT2D eigenvalue weighted by molar-refractivity contribution is 1.25. The molecule has 0 radical (unpaired) electrons. The third kappa shape index (κ3) is 4.57. The van der Waals surface area contributed by atoms with Gasteiger partial charge in [0.2, 0.25) is 0 Å². The molecule has 3 rings (SSSR count). The molecule has 0 unspecified atom stereocenters. The number of rotatable bonds is 5. The summed E-state index contributed by atoms with van der Waals surface area (Å²) in [5.41, 5.74) is 10.1. The molecule has 0 aliphatic rings. The van der Waals surface area contributed by atoms with Gasteiger partial charge in [0.05, 0.1) is 24.4 Å². The van der Waals surface area contributed by atoms with Crippen LogP contribution in [0.1, 0.15) is 11.1 Å². The number of nitrogens with two attached hydrogens (primary N) is 1. The monoisotopic (exact) mass is 335 g/mol. The van der Waals surface area contributed by atoms with Crippen LogP contribution in [0, 0.1) is 0 Å². The lowest BCUT2D eigenvalue weighted by atomic mass is 10.1. The van der Waals surface area contributed by atoms with Crippen LogP contribution in [0.5, 0.6) is 0 Å². The molecule has 1 heterocycles. The summed E-state index contributed by atoms with van der Waals surface area (Å²) in [6, 6.07) is 18.1. The second kappa shape index (κ2) is 8.12. The molecule has 0 amide bonds. The smallest absolute Gasteiger partial charge is 0.180 e. The summed E-state index contributed by atoms with van der Waals surface area (Å²) in [5.74, 6) is 0.782. The van der Waals surface area contributed by atoms with Gasteiger partial charge in [-0.2, -0.15) is 5.10 Å². The SMILES string of the molecule is NC(=NN=Cc1ccc(-c2cnc[nH]2)cc1)SCc1ccccc1. The molecule has 5 nitrogen and oxygen atoms in total. The zero-order valence-corrected chi connectivity index (χ0v) is 13.8. The average Bonchev–Trinajstić information content (AvgIpc) is 3.16. The molecule has 2 aromatic carbocycles. The highest BCUT2D eigenvalue weighted by molar-refractivity contribution is 8.13. The molecule has 0 saturated carbocycles. The number of benzene rings is 2. The van der Waals surface area contributed by atoms with E-state index in [1.807, 2.05) is 42.5 Å². The predicted molar refractivity (Wildman–Crippen MR) is 101 cm³/mol. The Hall–Kier alpha value is -2.86. The van der Waals surface area contributed by atoms with Crippen LogP contribution in [0.15, 0.2) is 77.3 Å². The number of nitrogens with one attached hydrogen (secondary N) is 1. The van der Waals surface area contributed by atoms with Crippen molar-refractivity contribution >= 4 is 23.1 Å². The van der Waals surface area contributed by atoms with E-state index in [2.05, 4.69) is 32.3 Å². The van der Waals surface area contributed by atoms with Crippen LogP contribution in [-0.4, -0.2) is 21.4 Å². The molecule has 3 N–H and O–H groups in total. The third-order valence-corrected chi connectivity index (χ3v) is 4.17. The lowest BCUT2D eigenvalue weighted by Gasteiger charge is -1.99. The van der Waals surface area contributed by atoms with Gasteiger partial charge in [0, 0.05) is 5.75 Å². The highest BCUT2D eigenvalue weighted by Crippen LogP contribution is 2.16. The van der Waals surface area contributed by atoms with E-state index in [-0.39, 0.29) is 0 Å². The van der Waals surface area contributed by atoms with Gasteiger partial charge in [-0.3, -0.25) is 0 Å². The number of thioether (sulfide) groups is 1. The summed E-state index contributed by atoms with van der Waals surface area (Å²) >= 11 is 1.47. The molecule has 1 aromatic heterocycles. The van der Waals surface area contributed by atoms with Crippen LogP contribution in [0.4, 0.5) is 0 Å². The number of hydrogen-bond donors (Lipinski definition) is 2. The van der Waals surface area contributed by atoms with Crippen molar-refractivity contribution in [3.63, 3.8) is 0 Å². The summed E-state index contributed by atoms with van der Waals surface area (Å²) in [7, 11) is 0. The molecule has 0 aliphatic heterocycles. The maximum absolute atomic E-state index is 5.86. The van der Waals surface area contributed by atoms with Gasteiger partial charge in [0.1, 0.15) is 0 Å². The molecule has 6 heteroatoms. The third-order valence-electron chi connectivity index (χ3n) is 3.31. The Morgan fingerprint density at radius 1 is 1.12 bits per heavy atom. The molecule has 0 aliphatic carbocycles. The average molecular weight is 335 g/mol. The summed E-state index contributed by atoms with van der Waals surface area (Å²) in [6.07, 6.45) is 5.14. The maximum atomic E-state index is 5.86. The second-order valence-electron chi connectivity index (χ2n) is 5.04. The molecule has 120 valence electrons. The van der Waals surface area contributed by atoms with Gasteiger partial charge in [-0.05, 0) is 16.7 Å². The van der Waals surface area contributed by atoms with Crippen LogP contribution < -0.4 is 5.73 Å². The number of aromatic amines is 1. The quantitative estimate of drug-likeness (QED) is 0.424. The Balaban J connectivity index is 1.55. The number of amidine groups is 1. The first-order valence-corrected chi connectivity index (χ1v) is 8.42. The minimum Gasteiger partial charge on any atom is -0.377 e. The minimum atomic E-state index is 0.448. The Kier molecular flexibility index (Phi) is 5.42. The number of aromatic nitrogens is 2. The molecule has 0 atom stereocenters. The van der Waals surface area contributed by atoms with E-state index in [1.54, 1.807) is 18.7 Å². The highest BCUT2D eigenvalue weighted by Gasteiger charge is 1.98. The van der Waals surface area contributed by atoms with Crippen molar-refractivity contribution < 1.29 is 0 Å². The first-order chi connectivity index (χ1) is 11.8. The number of hydrogen-bond acceptors (Lipinski definition) is 4. The topological polar surface area (TPSA) is 79.4 Å². The number of nitrogens with zero attached hydrogens (tertiary/aromatic N) is 3. The molecule has 0 spiro atoms. The zero-order valence-electron chi connectivity index (χ0n) is 13.0. The van der Waals surface area contributed by atoms with Crippen molar-refractivity contribution in [2.45, 2.75) is 5.75 Å². The number of H-pyrrole nitrogens is 1. The molecular formula is C18H17N5S. The highest BCUT2D eigenvalue weighted by atomic mass is 32.2. The van der Waals surface area contributed by atoms with Gasteiger partial charge >= 0.3 is 0 Å². The van der Waals surface area contributed by atoms with E-state index in [9.17, 15) is 0 Å². The summed E-state index contributed by atoms with van der Waals surface area (Å²) < 4.78 is 0. The predicted octanol–water partition coefficient (Wildman–Crippen LogP) is 3.66. The second-order valence-corrected chi connectivity index (χ2v) is 6.04. The van der Waals surface area contributed by atoms with Gasteiger partial charge in [-0.15, -0.1) is 5.10 Å². The molecule has 3 aromatic rings. The van der Waals surface area contributed by atoms with Gasteiger partial charge in [0.25, 0.3) is 0 Å². The first kappa shape index (κ1) is 16.0. The summed E-state index contributed by atoms with van der Waals surface area (Å²) in [4.78, 5) is 7.09. The molecule has 0 fully saturated rings. The fraction of sp³-hybridized carbons (Fsp3) is 0.0556. The van der Waals surface area contributed by atoms with E-state index >= 15 is 0 Å². The Morgan fingerprint density at radius 3 is 2.62 bits per heavy atom. The van der Waals surface area contributed by atoms with Crippen molar-refractivity contribution in [3.05, 3.63) is 78.2 Å². The minimum absolute atomic E-state index is 0.448. The van der Waals surface area contributed by atoms with E-state index < -0.39 is 0 Å². The van der Waals surface area contributed by atoms with Crippen molar-refractivity contribution in [3.8, 4) is 11.3 Å². The fourth-order valence-electron chi connectivity index (χ4n) is 2.08. The largest absolute Gasteiger partial charge is 0.377 e. The van der Waals surface area contributed by atoms with Crippen LogP contribution in [0.2, 0.25) is 0 Å². The molecule has 0 saturated heterocycles. The van der Waals surface area contributed by atoms with Crippen LogP contribution in [-0.2, 0) is 5.75 Å². The Bertz CT molecular complexity index is 808. The fourth-order valence-corrected chi connectivity index (χ4v) is 2.69. The van der Waals surface area contributed by atoms with E-state index in [1.165, 1.54) is 17.3 Å².